The van der Waals surface area contributed by atoms with Crippen LogP contribution in [0, 0.1) is 17.0 Å². The van der Waals surface area contributed by atoms with Crippen LogP contribution in [0.5, 0.6) is 0 Å². The molecule has 1 aliphatic heterocycles. The predicted octanol–water partition coefficient (Wildman–Crippen LogP) is 10.4. The van der Waals surface area contributed by atoms with E-state index in [4.69, 9.17) is 0 Å². The Morgan fingerprint density at radius 3 is 1.64 bits per heavy atom. The third kappa shape index (κ3) is 5.39. The standard InChI is InChI=1S/C45H40N2O3/c1-32-20-22-33(23-21-32)42(48)46-41-29-26-38(30-40(41)44(4,31-43(46,2)3)34-24-27-39(28-25-34)47(49)50)45(35-14-8-5-9-15-35,36-16-10-6-11-17-36)37-18-12-7-13-19-37/h5-30H,31H2,1-4H3/t44-/m1/s1. The van der Waals surface area contributed by atoms with Gasteiger partial charge in [-0.25, -0.2) is 0 Å². The van der Waals surface area contributed by atoms with Crippen molar-refractivity contribution in [2.24, 2.45) is 0 Å². The lowest BCUT2D eigenvalue weighted by molar-refractivity contribution is -0.384. The maximum atomic E-state index is 14.6. The Hall–Kier alpha value is -5.81. The molecule has 50 heavy (non-hydrogen) atoms. The van der Waals surface area contributed by atoms with Crippen molar-refractivity contribution in [2.75, 3.05) is 4.90 Å². The van der Waals surface area contributed by atoms with E-state index in [1.807, 2.05) is 66.4 Å². The molecule has 0 saturated carbocycles. The molecule has 0 radical (unpaired) electrons. The van der Waals surface area contributed by atoms with Gasteiger partial charge in [0, 0.05) is 34.3 Å². The van der Waals surface area contributed by atoms with Crippen molar-refractivity contribution in [3.63, 3.8) is 0 Å². The Morgan fingerprint density at radius 2 is 1.16 bits per heavy atom. The molecule has 0 aliphatic carbocycles. The highest BCUT2D eigenvalue weighted by Crippen LogP contribution is 2.54. The third-order valence-corrected chi connectivity index (χ3v) is 10.5. The van der Waals surface area contributed by atoms with Gasteiger partial charge in [-0.15, -0.1) is 0 Å². The first-order valence-corrected chi connectivity index (χ1v) is 17.0. The number of aryl methyl sites for hydroxylation is 1. The van der Waals surface area contributed by atoms with Crippen LogP contribution < -0.4 is 4.90 Å². The fourth-order valence-corrected chi connectivity index (χ4v) is 8.25. The van der Waals surface area contributed by atoms with Crippen molar-refractivity contribution >= 4 is 17.3 Å². The van der Waals surface area contributed by atoms with Gasteiger partial charge in [-0.1, -0.05) is 140 Å². The molecular formula is C45H40N2O3. The number of nitrogens with zero attached hydrogens (tertiary/aromatic N) is 2. The average molecular weight is 657 g/mol. The zero-order valence-corrected chi connectivity index (χ0v) is 28.8. The fourth-order valence-electron chi connectivity index (χ4n) is 8.25. The summed E-state index contributed by atoms with van der Waals surface area (Å²) in [6, 6.07) is 53.0. The molecule has 5 heteroatoms. The van der Waals surface area contributed by atoms with Gasteiger partial charge < -0.3 is 4.90 Å². The molecule has 0 fully saturated rings. The molecule has 6 aromatic rings. The SMILES string of the molecule is Cc1ccc(C(=O)N2c3ccc(C(c4ccccc4)(c4ccccc4)c4ccccc4)cc3[C@@](C)(c3ccc([N+](=O)[O-])cc3)CC2(C)C)cc1. The smallest absolute Gasteiger partial charge is 0.269 e. The Kier molecular flexibility index (Phi) is 8.23. The maximum Gasteiger partial charge on any atom is 0.269 e. The number of fused-ring (bicyclic) bond motifs is 1. The minimum absolute atomic E-state index is 0.0498. The maximum absolute atomic E-state index is 14.6. The molecule has 1 atom stereocenters. The summed E-state index contributed by atoms with van der Waals surface area (Å²) in [6.45, 7) is 8.45. The molecule has 0 aromatic heterocycles. The van der Waals surface area contributed by atoms with E-state index in [2.05, 4.69) is 112 Å². The monoisotopic (exact) mass is 656 g/mol. The second-order valence-corrected chi connectivity index (χ2v) is 14.2. The minimum atomic E-state index is -0.687. The van der Waals surface area contributed by atoms with Crippen LogP contribution in [0.25, 0.3) is 0 Å². The molecule has 0 saturated heterocycles. The largest absolute Gasteiger partial charge is 0.302 e. The molecule has 248 valence electrons. The third-order valence-electron chi connectivity index (χ3n) is 10.5. The summed E-state index contributed by atoms with van der Waals surface area (Å²) in [5.41, 5.74) is 7.12. The Bertz CT molecular complexity index is 2060. The normalized spacial score (nSPS) is 16.8. The summed E-state index contributed by atoms with van der Waals surface area (Å²) >= 11 is 0. The lowest BCUT2D eigenvalue weighted by atomic mass is 9.61. The molecular weight excluding hydrogens is 617 g/mol. The summed E-state index contributed by atoms with van der Waals surface area (Å²) in [5.74, 6) is -0.0600. The zero-order valence-electron chi connectivity index (χ0n) is 28.8. The Balaban J connectivity index is 1.55. The summed E-state index contributed by atoms with van der Waals surface area (Å²) < 4.78 is 0. The lowest BCUT2D eigenvalue weighted by Gasteiger charge is -2.52. The predicted molar refractivity (Wildman–Crippen MR) is 201 cm³/mol. The summed E-state index contributed by atoms with van der Waals surface area (Å²) in [4.78, 5) is 27.8. The highest BCUT2D eigenvalue weighted by Gasteiger charge is 2.49. The molecule has 0 N–H and O–H groups in total. The van der Waals surface area contributed by atoms with Crippen molar-refractivity contribution in [2.45, 2.75) is 50.5 Å². The van der Waals surface area contributed by atoms with Gasteiger partial charge in [-0.3, -0.25) is 14.9 Å². The molecule has 0 spiro atoms. The molecule has 1 heterocycles. The van der Waals surface area contributed by atoms with Crippen LogP contribution >= 0.6 is 0 Å². The molecule has 0 unspecified atom stereocenters. The Labute approximate surface area is 294 Å². The van der Waals surface area contributed by atoms with Gasteiger partial charge in [0.1, 0.15) is 0 Å². The summed E-state index contributed by atoms with van der Waals surface area (Å²) in [5, 5.41) is 11.7. The van der Waals surface area contributed by atoms with E-state index in [0.29, 0.717) is 12.0 Å². The Morgan fingerprint density at radius 1 is 0.660 bits per heavy atom. The van der Waals surface area contributed by atoms with Crippen LogP contribution in [0.2, 0.25) is 0 Å². The number of rotatable bonds is 7. The van der Waals surface area contributed by atoms with E-state index in [-0.39, 0.29) is 16.5 Å². The molecule has 0 bridgehead atoms. The number of amides is 1. The van der Waals surface area contributed by atoms with Crippen LogP contribution in [0.4, 0.5) is 11.4 Å². The summed E-state index contributed by atoms with van der Waals surface area (Å²) in [6.07, 6.45) is 0.598. The molecule has 1 amide bonds. The first-order chi connectivity index (χ1) is 24.1. The molecule has 6 aromatic carbocycles. The second kappa shape index (κ2) is 12.6. The van der Waals surface area contributed by atoms with Crippen LogP contribution in [0.3, 0.4) is 0 Å². The van der Waals surface area contributed by atoms with Crippen molar-refractivity contribution in [3.05, 3.63) is 212 Å². The number of carbonyl (C=O) groups excluding carboxylic acids is 1. The number of non-ortho nitro benzene ring substituents is 1. The van der Waals surface area contributed by atoms with Crippen LogP contribution in [-0.4, -0.2) is 16.4 Å². The van der Waals surface area contributed by atoms with E-state index in [1.165, 1.54) is 0 Å². The lowest BCUT2D eigenvalue weighted by Crippen LogP contribution is -2.56. The number of nitro groups is 1. The fraction of sp³-hybridized carbons (Fsp3) is 0.178. The van der Waals surface area contributed by atoms with Crippen LogP contribution in [0.15, 0.2) is 158 Å². The van der Waals surface area contributed by atoms with Gasteiger partial charge in [0.05, 0.1) is 10.3 Å². The van der Waals surface area contributed by atoms with Gasteiger partial charge in [0.2, 0.25) is 0 Å². The van der Waals surface area contributed by atoms with Crippen LogP contribution in [-0.2, 0) is 10.8 Å². The number of anilines is 1. The minimum Gasteiger partial charge on any atom is -0.302 e. The number of hydrogen-bond acceptors (Lipinski definition) is 3. The van der Waals surface area contributed by atoms with Crippen molar-refractivity contribution < 1.29 is 9.72 Å². The van der Waals surface area contributed by atoms with E-state index in [1.54, 1.807) is 12.1 Å². The summed E-state index contributed by atoms with van der Waals surface area (Å²) in [7, 11) is 0. The highest BCUT2D eigenvalue weighted by molar-refractivity contribution is 6.08. The van der Waals surface area contributed by atoms with Crippen molar-refractivity contribution in [1.29, 1.82) is 0 Å². The number of nitro benzene ring substituents is 1. The van der Waals surface area contributed by atoms with Crippen LogP contribution in [0.1, 0.15) is 76.5 Å². The average Bonchev–Trinajstić information content (AvgIpc) is 3.13. The number of carbonyl (C=O) groups is 1. The van der Waals surface area contributed by atoms with Gasteiger partial charge in [0.15, 0.2) is 0 Å². The van der Waals surface area contributed by atoms with Crippen molar-refractivity contribution in [3.8, 4) is 0 Å². The van der Waals surface area contributed by atoms with E-state index in [0.717, 1.165) is 44.6 Å². The number of benzene rings is 6. The molecule has 1 aliphatic rings. The van der Waals surface area contributed by atoms with E-state index in [9.17, 15) is 14.9 Å². The van der Waals surface area contributed by atoms with E-state index < -0.39 is 16.4 Å². The van der Waals surface area contributed by atoms with Gasteiger partial charge >= 0.3 is 0 Å². The quantitative estimate of drug-likeness (QED) is 0.0976. The van der Waals surface area contributed by atoms with Crippen molar-refractivity contribution in [1.82, 2.24) is 0 Å². The van der Waals surface area contributed by atoms with E-state index >= 15 is 0 Å². The topological polar surface area (TPSA) is 63.5 Å². The second-order valence-electron chi connectivity index (χ2n) is 14.2. The first kappa shape index (κ1) is 32.7. The highest BCUT2D eigenvalue weighted by atomic mass is 16.6. The molecule has 7 rings (SSSR count). The van der Waals surface area contributed by atoms with Gasteiger partial charge in [-0.2, -0.15) is 0 Å². The molecule has 5 nitrogen and oxygen atoms in total. The van der Waals surface area contributed by atoms with Gasteiger partial charge in [-0.05, 0) is 78.8 Å². The number of hydrogen-bond donors (Lipinski definition) is 0. The zero-order chi connectivity index (χ0) is 35.1. The first-order valence-electron chi connectivity index (χ1n) is 17.0. The van der Waals surface area contributed by atoms with Gasteiger partial charge in [0.25, 0.3) is 11.6 Å².